The van der Waals surface area contributed by atoms with Gasteiger partial charge in [-0.2, -0.15) is 4.31 Å². The predicted molar refractivity (Wildman–Crippen MR) is 73.8 cm³/mol. The van der Waals surface area contributed by atoms with Gasteiger partial charge < -0.3 is 4.40 Å². The van der Waals surface area contributed by atoms with E-state index in [4.69, 9.17) is 0 Å². The molecule has 0 amide bonds. The molecule has 0 spiro atoms. The van der Waals surface area contributed by atoms with Crippen LogP contribution in [0.2, 0.25) is 0 Å². The molecule has 0 unspecified atom stereocenters. The quantitative estimate of drug-likeness (QED) is 0.859. The number of hydrogen-bond donors (Lipinski definition) is 0. The first-order chi connectivity index (χ1) is 8.45. The van der Waals surface area contributed by atoms with Crippen LogP contribution in [0, 0.1) is 0 Å². The van der Waals surface area contributed by atoms with Crippen molar-refractivity contribution in [3.8, 4) is 0 Å². The van der Waals surface area contributed by atoms with Crippen molar-refractivity contribution in [3.63, 3.8) is 0 Å². The van der Waals surface area contributed by atoms with E-state index in [1.54, 1.807) is 14.0 Å². The Hall–Kier alpha value is -0.920. The maximum absolute atomic E-state index is 11.7. The zero-order valence-electron chi connectivity index (χ0n) is 10.2. The third-order valence-corrected chi connectivity index (χ3v) is 5.17. The van der Waals surface area contributed by atoms with Gasteiger partial charge in [0.05, 0.1) is 17.8 Å². The Morgan fingerprint density at radius 1 is 1.44 bits per heavy atom. The zero-order valence-corrected chi connectivity index (χ0v) is 12.6. The number of nitrogens with zero attached hydrogens (tertiary/aromatic N) is 3. The second kappa shape index (κ2) is 4.99. The zero-order chi connectivity index (χ0) is 13.3. The molecular weight excluding hydrogens is 318 g/mol. The van der Waals surface area contributed by atoms with E-state index >= 15 is 0 Å². The van der Waals surface area contributed by atoms with Gasteiger partial charge in [-0.3, -0.25) is 0 Å². The third kappa shape index (κ3) is 2.43. The highest BCUT2D eigenvalue weighted by atomic mass is 79.9. The standard InChI is InChI=1S/C11H14BrN3O2S/c1-3-18(16,17)14(2)8-10-13-11(12)9-6-4-5-7-15(9)10/h4-7H,3,8H2,1-2H3. The van der Waals surface area contributed by atoms with Crippen LogP contribution in [-0.4, -0.2) is 34.9 Å². The van der Waals surface area contributed by atoms with Crippen LogP contribution >= 0.6 is 15.9 Å². The van der Waals surface area contributed by atoms with Gasteiger partial charge in [-0.05, 0) is 35.0 Å². The van der Waals surface area contributed by atoms with Crippen molar-refractivity contribution in [1.29, 1.82) is 0 Å². The summed E-state index contributed by atoms with van der Waals surface area (Å²) in [5, 5.41) is 0. The van der Waals surface area contributed by atoms with Crippen LogP contribution in [0.3, 0.4) is 0 Å². The average Bonchev–Trinajstić information content (AvgIpc) is 2.67. The molecule has 0 fully saturated rings. The van der Waals surface area contributed by atoms with E-state index < -0.39 is 10.0 Å². The summed E-state index contributed by atoms with van der Waals surface area (Å²) in [6.45, 7) is 1.89. The van der Waals surface area contributed by atoms with Gasteiger partial charge in [0, 0.05) is 13.2 Å². The molecule has 2 aromatic rings. The first kappa shape index (κ1) is 13.5. The molecular formula is C11H14BrN3O2S. The van der Waals surface area contributed by atoms with Gasteiger partial charge in [-0.1, -0.05) is 6.07 Å². The monoisotopic (exact) mass is 331 g/mol. The fourth-order valence-corrected chi connectivity index (χ4v) is 2.97. The van der Waals surface area contributed by atoms with Gasteiger partial charge in [0.1, 0.15) is 10.4 Å². The normalized spacial score (nSPS) is 12.4. The summed E-state index contributed by atoms with van der Waals surface area (Å²) in [5.74, 6) is 0.783. The molecule has 0 saturated heterocycles. The largest absolute Gasteiger partial charge is 0.301 e. The minimum absolute atomic E-state index is 0.0912. The Bertz CT molecular complexity index is 666. The van der Waals surface area contributed by atoms with E-state index in [1.807, 2.05) is 28.8 Å². The van der Waals surface area contributed by atoms with Crippen LogP contribution in [0.25, 0.3) is 5.52 Å². The van der Waals surface area contributed by atoms with E-state index in [0.29, 0.717) is 5.82 Å². The molecule has 2 heterocycles. The molecule has 0 saturated carbocycles. The van der Waals surface area contributed by atoms with E-state index in [1.165, 1.54) is 4.31 Å². The summed E-state index contributed by atoms with van der Waals surface area (Å²) < 4.78 is 27.4. The number of aromatic nitrogens is 2. The maximum atomic E-state index is 11.7. The molecule has 0 bridgehead atoms. The topological polar surface area (TPSA) is 54.7 Å². The van der Waals surface area contributed by atoms with Crippen LogP contribution in [0.5, 0.6) is 0 Å². The van der Waals surface area contributed by atoms with Crippen molar-refractivity contribution in [2.24, 2.45) is 0 Å². The summed E-state index contributed by atoms with van der Waals surface area (Å²) in [6, 6.07) is 5.73. The first-order valence-electron chi connectivity index (χ1n) is 5.51. The van der Waals surface area contributed by atoms with Crippen molar-refractivity contribution >= 4 is 31.5 Å². The van der Waals surface area contributed by atoms with E-state index in [0.717, 1.165) is 10.1 Å². The number of sulfonamides is 1. The van der Waals surface area contributed by atoms with Crippen LogP contribution in [0.1, 0.15) is 12.7 Å². The SMILES string of the molecule is CCS(=O)(=O)N(C)Cc1nc(Br)c2ccccn12. The van der Waals surface area contributed by atoms with E-state index in [2.05, 4.69) is 20.9 Å². The fraction of sp³-hybridized carbons (Fsp3) is 0.364. The van der Waals surface area contributed by atoms with Gasteiger partial charge in [-0.15, -0.1) is 0 Å². The van der Waals surface area contributed by atoms with Crippen molar-refractivity contribution in [2.75, 3.05) is 12.8 Å². The van der Waals surface area contributed by atoms with Crippen LogP contribution in [0.15, 0.2) is 29.0 Å². The number of hydrogen-bond acceptors (Lipinski definition) is 3. The molecule has 7 heteroatoms. The Kier molecular flexibility index (Phi) is 3.74. The van der Waals surface area contributed by atoms with E-state index in [9.17, 15) is 8.42 Å². The Balaban J connectivity index is 2.39. The predicted octanol–water partition coefficient (Wildman–Crippen LogP) is 1.88. The van der Waals surface area contributed by atoms with Crippen molar-refractivity contribution < 1.29 is 8.42 Å². The molecule has 0 aliphatic carbocycles. The summed E-state index contributed by atoms with van der Waals surface area (Å²) in [4.78, 5) is 4.35. The lowest BCUT2D eigenvalue weighted by Crippen LogP contribution is -2.28. The smallest absolute Gasteiger partial charge is 0.213 e. The molecule has 0 atom stereocenters. The molecule has 2 aromatic heterocycles. The molecule has 0 aliphatic heterocycles. The number of pyridine rings is 1. The van der Waals surface area contributed by atoms with Crippen molar-refractivity contribution in [2.45, 2.75) is 13.5 Å². The Morgan fingerprint density at radius 2 is 2.17 bits per heavy atom. The lowest BCUT2D eigenvalue weighted by atomic mass is 10.4. The molecule has 0 aliphatic rings. The molecule has 0 aromatic carbocycles. The van der Waals surface area contributed by atoms with Gasteiger partial charge in [0.2, 0.25) is 10.0 Å². The lowest BCUT2D eigenvalue weighted by molar-refractivity contribution is 0.457. The highest BCUT2D eigenvalue weighted by Gasteiger charge is 2.18. The summed E-state index contributed by atoms with van der Waals surface area (Å²) >= 11 is 3.38. The van der Waals surface area contributed by atoms with Crippen LogP contribution in [-0.2, 0) is 16.6 Å². The Labute approximate surface area is 115 Å². The average molecular weight is 332 g/mol. The summed E-state index contributed by atoms with van der Waals surface area (Å²) in [7, 11) is -1.62. The number of imidazole rings is 1. The molecule has 5 nitrogen and oxygen atoms in total. The number of rotatable bonds is 4. The fourth-order valence-electron chi connectivity index (χ4n) is 1.69. The van der Waals surface area contributed by atoms with Crippen LogP contribution < -0.4 is 0 Å². The van der Waals surface area contributed by atoms with Crippen LogP contribution in [0.4, 0.5) is 0 Å². The summed E-state index contributed by atoms with van der Waals surface area (Å²) in [5.41, 5.74) is 0.926. The Morgan fingerprint density at radius 3 is 2.83 bits per heavy atom. The summed E-state index contributed by atoms with van der Waals surface area (Å²) in [6.07, 6.45) is 1.87. The number of halogens is 1. The minimum atomic E-state index is -3.19. The second-order valence-electron chi connectivity index (χ2n) is 3.93. The molecule has 0 radical (unpaired) electrons. The highest BCUT2D eigenvalue weighted by Crippen LogP contribution is 2.19. The molecule has 2 rings (SSSR count). The maximum Gasteiger partial charge on any atom is 0.213 e. The molecule has 18 heavy (non-hydrogen) atoms. The van der Waals surface area contributed by atoms with Gasteiger partial charge in [0.25, 0.3) is 0 Å². The second-order valence-corrected chi connectivity index (χ2v) is 7.05. The molecule has 0 N–H and O–H groups in total. The lowest BCUT2D eigenvalue weighted by Gasteiger charge is -2.14. The van der Waals surface area contributed by atoms with Gasteiger partial charge in [0.15, 0.2) is 0 Å². The van der Waals surface area contributed by atoms with E-state index in [-0.39, 0.29) is 12.3 Å². The van der Waals surface area contributed by atoms with Gasteiger partial charge in [-0.25, -0.2) is 13.4 Å². The highest BCUT2D eigenvalue weighted by molar-refractivity contribution is 9.10. The third-order valence-electron chi connectivity index (χ3n) is 2.78. The van der Waals surface area contributed by atoms with Gasteiger partial charge >= 0.3 is 0 Å². The van der Waals surface area contributed by atoms with Crippen molar-refractivity contribution in [1.82, 2.24) is 13.7 Å². The van der Waals surface area contributed by atoms with Crippen molar-refractivity contribution in [3.05, 3.63) is 34.8 Å². The molecule has 98 valence electrons. The number of fused-ring (bicyclic) bond motifs is 1. The minimum Gasteiger partial charge on any atom is -0.301 e. The first-order valence-corrected chi connectivity index (χ1v) is 7.91.